The van der Waals surface area contributed by atoms with Crippen LogP contribution < -0.4 is 5.32 Å². The molecular formula is C45H91NO3. The summed E-state index contributed by atoms with van der Waals surface area (Å²) in [4.78, 5) is 12.2. The monoisotopic (exact) mass is 694 g/mol. The van der Waals surface area contributed by atoms with Gasteiger partial charge in [-0.2, -0.15) is 0 Å². The molecule has 2 atom stereocenters. The Bertz CT molecular complexity index is 626. The number of unbranched alkanes of at least 4 members (excludes halogenated alkanes) is 35. The Morgan fingerprint density at radius 3 is 0.918 bits per heavy atom. The first-order valence-corrected chi connectivity index (χ1v) is 22.7. The van der Waals surface area contributed by atoms with E-state index in [-0.39, 0.29) is 12.5 Å². The Hall–Kier alpha value is -0.610. The van der Waals surface area contributed by atoms with Gasteiger partial charge in [-0.3, -0.25) is 4.79 Å². The molecule has 0 aliphatic rings. The minimum absolute atomic E-state index is 0.0375. The highest BCUT2D eigenvalue weighted by Gasteiger charge is 2.19. The second-order valence-corrected chi connectivity index (χ2v) is 15.8. The van der Waals surface area contributed by atoms with E-state index in [1.807, 2.05) is 0 Å². The van der Waals surface area contributed by atoms with Crippen molar-refractivity contribution in [2.75, 3.05) is 6.61 Å². The predicted molar refractivity (Wildman–Crippen MR) is 216 cm³/mol. The first kappa shape index (κ1) is 48.4. The second kappa shape index (κ2) is 41.8. The molecule has 0 fully saturated rings. The van der Waals surface area contributed by atoms with Gasteiger partial charge in [-0.15, -0.1) is 0 Å². The molecule has 0 bridgehead atoms. The van der Waals surface area contributed by atoms with Crippen molar-refractivity contribution in [2.24, 2.45) is 0 Å². The minimum atomic E-state index is -0.650. The molecule has 1 amide bonds. The van der Waals surface area contributed by atoms with Crippen LogP contribution in [0.2, 0.25) is 0 Å². The van der Waals surface area contributed by atoms with Crippen LogP contribution in [0.5, 0.6) is 0 Å². The summed E-state index contributed by atoms with van der Waals surface area (Å²) >= 11 is 0. The Labute approximate surface area is 308 Å². The Balaban J connectivity index is 3.22. The summed E-state index contributed by atoms with van der Waals surface area (Å²) in [5.41, 5.74) is 0. The van der Waals surface area contributed by atoms with E-state index in [2.05, 4.69) is 19.2 Å². The largest absolute Gasteiger partial charge is 0.394 e. The normalized spacial score (nSPS) is 12.8. The summed E-state index contributed by atoms with van der Waals surface area (Å²) in [7, 11) is 0. The number of aliphatic hydroxyl groups excluding tert-OH is 2. The third kappa shape index (κ3) is 38.5. The molecule has 0 radical (unpaired) electrons. The van der Waals surface area contributed by atoms with Crippen LogP contribution in [0.3, 0.4) is 0 Å². The molecule has 4 nitrogen and oxygen atoms in total. The summed E-state index contributed by atoms with van der Waals surface area (Å²) in [5, 5.41) is 22.6. The van der Waals surface area contributed by atoms with Crippen LogP contribution in [-0.2, 0) is 4.79 Å². The van der Waals surface area contributed by atoms with Crippen molar-refractivity contribution in [1.29, 1.82) is 0 Å². The number of amides is 1. The van der Waals surface area contributed by atoms with Crippen LogP contribution in [-0.4, -0.2) is 34.9 Å². The van der Waals surface area contributed by atoms with Crippen LogP contribution >= 0.6 is 0 Å². The zero-order chi connectivity index (χ0) is 35.7. The number of hydrogen-bond acceptors (Lipinski definition) is 3. The summed E-state index contributed by atoms with van der Waals surface area (Å²) in [6.45, 7) is 4.24. The minimum Gasteiger partial charge on any atom is -0.394 e. The van der Waals surface area contributed by atoms with Gasteiger partial charge in [0.2, 0.25) is 5.91 Å². The van der Waals surface area contributed by atoms with E-state index in [0.717, 1.165) is 32.1 Å². The first-order chi connectivity index (χ1) is 24.2. The molecule has 2 unspecified atom stereocenters. The van der Waals surface area contributed by atoms with E-state index in [1.54, 1.807) is 0 Å². The molecule has 0 saturated carbocycles. The highest BCUT2D eigenvalue weighted by atomic mass is 16.3. The number of nitrogens with one attached hydrogen (secondary N) is 1. The molecule has 0 heterocycles. The molecular weight excluding hydrogens is 602 g/mol. The third-order valence-electron chi connectivity index (χ3n) is 10.9. The Kier molecular flexibility index (Phi) is 41.3. The van der Waals surface area contributed by atoms with E-state index >= 15 is 0 Å². The number of aliphatic hydroxyl groups is 2. The van der Waals surface area contributed by atoms with Gasteiger partial charge in [-0.05, 0) is 12.8 Å². The van der Waals surface area contributed by atoms with Gasteiger partial charge in [-0.25, -0.2) is 0 Å². The average Bonchev–Trinajstić information content (AvgIpc) is 3.10. The average molecular weight is 694 g/mol. The smallest absolute Gasteiger partial charge is 0.220 e. The zero-order valence-corrected chi connectivity index (χ0v) is 33.7. The summed E-state index contributed by atoms with van der Waals surface area (Å²) in [6.07, 6.45) is 51.4. The van der Waals surface area contributed by atoms with Crippen LogP contribution in [0.4, 0.5) is 0 Å². The van der Waals surface area contributed by atoms with Crippen molar-refractivity contribution < 1.29 is 15.0 Å². The molecule has 0 saturated heterocycles. The molecule has 0 aromatic carbocycles. The van der Waals surface area contributed by atoms with E-state index in [4.69, 9.17) is 0 Å². The van der Waals surface area contributed by atoms with E-state index in [1.165, 1.54) is 205 Å². The fraction of sp³-hybridized carbons (Fsp3) is 0.978. The number of carbonyl (C=O) groups excluding carboxylic acids is 1. The highest BCUT2D eigenvalue weighted by molar-refractivity contribution is 5.76. The van der Waals surface area contributed by atoms with E-state index in [9.17, 15) is 15.0 Å². The SMILES string of the molecule is CCCCCCCCCCCCCCCCCCCCCCCCCCCCCCCCCCCCC(=O)NC(CO)C(O)CCCCC. The van der Waals surface area contributed by atoms with Crippen LogP contribution in [0.15, 0.2) is 0 Å². The molecule has 0 aliphatic heterocycles. The molecule has 0 aliphatic carbocycles. The summed E-state index contributed by atoms with van der Waals surface area (Å²) in [5.74, 6) is -0.0375. The van der Waals surface area contributed by atoms with Gasteiger partial charge in [0.15, 0.2) is 0 Å². The maximum Gasteiger partial charge on any atom is 0.220 e. The van der Waals surface area contributed by atoms with E-state index in [0.29, 0.717) is 12.8 Å². The van der Waals surface area contributed by atoms with Crippen LogP contribution in [0.25, 0.3) is 0 Å². The van der Waals surface area contributed by atoms with Crippen LogP contribution in [0.1, 0.15) is 264 Å². The Morgan fingerprint density at radius 1 is 0.408 bits per heavy atom. The van der Waals surface area contributed by atoms with Gasteiger partial charge >= 0.3 is 0 Å². The molecule has 0 aromatic rings. The highest BCUT2D eigenvalue weighted by Crippen LogP contribution is 2.17. The first-order valence-electron chi connectivity index (χ1n) is 22.7. The number of rotatable bonds is 42. The topological polar surface area (TPSA) is 69.6 Å². The predicted octanol–water partition coefficient (Wildman–Crippen LogP) is 14.1. The van der Waals surface area contributed by atoms with Gasteiger partial charge in [0, 0.05) is 6.42 Å². The van der Waals surface area contributed by atoms with Gasteiger partial charge in [0.25, 0.3) is 0 Å². The Morgan fingerprint density at radius 2 is 0.653 bits per heavy atom. The van der Waals surface area contributed by atoms with Crippen molar-refractivity contribution >= 4 is 5.91 Å². The summed E-state index contributed by atoms with van der Waals surface area (Å²) in [6, 6.07) is -0.525. The van der Waals surface area contributed by atoms with Crippen molar-refractivity contribution in [3.8, 4) is 0 Å². The van der Waals surface area contributed by atoms with Crippen molar-refractivity contribution in [1.82, 2.24) is 5.32 Å². The van der Waals surface area contributed by atoms with Gasteiger partial charge < -0.3 is 15.5 Å². The fourth-order valence-electron chi connectivity index (χ4n) is 7.36. The van der Waals surface area contributed by atoms with Gasteiger partial charge in [-0.1, -0.05) is 245 Å². The lowest BCUT2D eigenvalue weighted by Gasteiger charge is -2.22. The lowest BCUT2D eigenvalue weighted by atomic mass is 10.0. The van der Waals surface area contributed by atoms with Crippen molar-refractivity contribution in [2.45, 2.75) is 276 Å². The van der Waals surface area contributed by atoms with Crippen LogP contribution in [0, 0.1) is 0 Å². The molecule has 4 heteroatoms. The zero-order valence-electron chi connectivity index (χ0n) is 33.7. The molecule has 0 spiro atoms. The fourth-order valence-corrected chi connectivity index (χ4v) is 7.36. The molecule has 0 rings (SSSR count). The van der Waals surface area contributed by atoms with Gasteiger partial charge in [0.1, 0.15) is 0 Å². The number of carbonyl (C=O) groups is 1. The maximum atomic E-state index is 12.2. The van der Waals surface area contributed by atoms with Crippen molar-refractivity contribution in [3.63, 3.8) is 0 Å². The lowest BCUT2D eigenvalue weighted by Crippen LogP contribution is -2.45. The third-order valence-corrected chi connectivity index (χ3v) is 10.9. The maximum absolute atomic E-state index is 12.2. The molecule has 0 aromatic heterocycles. The molecule has 49 heavy (non-hydrogen) atoms. The molecule has 3 N–H and O–H groups in total. The van der Waals surface area contributed by atoms with E-state index < -0.39 is 12.1 Å². The number of hydrogen-bond donors (Lipinski definition) is 3. The van der Waals surface area contributed by atoms with Crippen molar-refractivity contribution in [3.05, 3.63) is 0 Å². The van der Waals surface area contributed by atoms with Gasteiger partial charge in [0.05, 0.1) is 18.8 Å². The second-order valence-electron chi connectivity index (χ2n) is 15.8. The quantitative estimate of drug-likeness (QED) is 0.0557. The summed E-state index contributed by atoms with van der Waals surface area (Å²) < 4.78 is 0. The standard InChI is InChI=1S/C45H91NO3/c1-3-5-7-8-9-10-11-12-13-14-15-16-17-18-19-20-21-22-23-24-25-26-27-28-29-30-31-32-33-34-35-36-37-39-41-45(49)46-43(42-47)44(48)40-38-6-4-2/h43-44,47-48H,3-42H2,1-2H3,(H,46,49). The molecule has 294 valence electrons. The lowest BCUT2D eigenvalue weighted by molar-refractivity contribution is -0.123.